The van der Waals surface area contributed by atoms with E-state index in [1.54, 1.807) is 11.3 Å². The Bertz CT molecular complexity index is 407. The fourth-order valence-electron chi connectivity index (χ4n) is 2.18. The summed E-state index contributed by atoms with van der Waals surface area (Å²) in [4.78, 5) is 16.6. The van der Waals surface area contributed by atoms with Crippen LogP contribution in [0.4, 0.5) is 0 Å². The molecule has 1 aliphatic rings. The zero-order chi connectivity index (χ0) is 12.4. The maximum atomic E-state index is 12.3. The van der Waals surface area contributed by atoms with Gasteiger partial charge in [-0.15, -0.1) is 11.3 Å². The average Bonchev–Trinajstić information content (AvgIpc) is 2.75. The number of carbonyl (C=O) groups excluding carboxylic acids is 1. The molecule has 1 amide bonds. The van der Waals surface area contributed by atoms with Crippen LogP contribution in [0.1, 0.15) is 23.7 Å². The first-order chi connectivity index (χ1) is 8.11. The lowest BCUT2D eigenvalue weighted by Gasteiger charge is -2.39. The number of hydrogen-bond acceptors (Lipinski definition) is 3. The molecule has 0 spiro atoms. The highest BCUT2D eigenvalue weighted by molar-refractivity contribution is 14.1. The average molecular weight is 364 g/mol. The summed E-state index contributed by atoms with van der Waals surface area (Å²) in [6, 6.07) is 2.48. The van der Waals surface area contributed by atoms with Gasteiger partial charge >= 0.3 is 0 Å². The molecule has 0 bridgehead atoms. The SMILES string of the molecule is CCC1CN(C(=O)c2csc(I)c2)CCN1C. The van der Waals surface area contributed by atoms with E-state index in [1.807, 2.05) is 16.3 Å². The summed E-state index contributed by atoms with van der Waals surface area (Å²) in [6.45, 7) is 4.87. The summed E-state index contributed by atoms with van der Waals surface area (Å²) in [5.74, 6) is 0.190. The van der Waals surface area contributed by atoms with Crippen LogP contribution in [-0.4, -0.2) is 48.4 Å². The van der Waals surface area contributed by atoms with E-state index in [2.05, 4.69) is 41.5 Å². The van der Waals surface area contributed by atoms with Crippen molar-refractivity contribution in [2.24, 2.45) is 0 Å². The Hall–Kier alpha value is -0.140. The zero-order valence-electron chi connectivity index (χ0n) is 10.1. The van der Waals surface area contributed by atoms with Gasteiger partial charge in [0.1, 0.15) is 0 Å². The molecule has 1 saturated heterocycles. The molecule has 2 heterocycles. The van der Waals surface area contributed by atoms with Crippen molar-refractivity contribution in [1.29, 1.82) is 0 Å². The Morgan fingerprint density at radius 1 is 1.59 bits per heavy atom. The summed E-state index contributed by atoms with van der Waals surface area (Å²) < 4.78 is 1.17. The molecule has 0 aromatic carbocycles. The molecular weight excluding hydrogens is 347 g/mol. The van der Waals surface area contributed by atoms with E-state index in [1.165, 1.54) is 2.88 Å². The van der Waals surface area contributed by atoms with Gasteiger partial charge in [-0.2, -0.15) is 0 Å². The number of hydrogen-bond donors (Lipinski definition) is 0. The largest absolute Gasteiger partial charge is 0.336 e. The summed E-state index contributed by atoms with van der Waals surface area (Å²) in [7, 11) is 2.14. The lowest BCUT2D eigenvalue weighted by molar-refractivity contribution is 0.0542. The van der Waals surface area contributed by atoms with E-state index in [4.69, 9.17) is 0 Å². The third kappa shape index (κ3) is 3.00. The first-order valence-electron chi connectivity index (χ1n) is 5.85. The maximum Gasteiger partial charge on any atom is 0.254 e. The fourth-order valence-corrected chi connectivity index (χ4v) is 3.50. The molecule has 2 rings (SSSR count). The van der Waals surface area contributed by atoms with Crippen molar-refractivity contribution in [3.05, 3.63) is 19.9 Å². The molecule has 0 radical (unpaired) electrons. The Labute approximate surface area is 120 Å². The topological polar surface area (TPSA) is 23.6 Å². The molecule has 1 aliphatic heterocycles. The van der Waals surface area contributed by atoms with Gasteiger partial charge in [-0.3, -0.25) is 9.69 Å². The highest BCUT2D eigenvalue weighted by Gasteiger charge is 2.26. The lowest BCUT2D eigenvalue weighted by Crippen LogP contribution is -2.52. The van der Waals surface area contributed by atoms with Crippen LogP contribution in [0.5, 0.6) is 0 Å². The number of rotatable bonds is 2. The molecule has 1 atom stereocenters. The normalized spacial score (nSPS) is 21.8. The summed E-state index contributed by atoms with van der Waals surface area (Å²) in [5, 5.41) is 1.96. The van der Waals surface area contributed by atoms with Crippen LogP contribution in [0.3, 0.4) is 0 Å². The number of nitrogens with zero attached hydrogens (tertiary/aromatic N) is 2. The number of amides is 1. The molecule has 3 nitrogen and oxygen atoms in total. The lowest BCUT2D eigenvalue weighted by atomic mass is 10.1. The van der Waals surface area contributed by atoms with E-state index < -0.39 is 0 Å². The number of piperazine rings is 1. The van der Waals surface area contributed by atoms with Gasteiger partial charge in [-0.05, 0) is 42.1 Å². The highest BCUT2D eigenvalue weighted by atomic mass is 127. The zero-order valence-corrected chi connectivity index (χ0v) is 13.1. The van der Waals surface area contributed by atoms with E-state index in [9.17, 15) is 4.79 Å². The van der Waals surface area contributed by atoms with Crippen LogP contribution < -0.4 is 0 Å². The van der Waals surface area contributed by atoms with Crippen LogP contribution in [0.2, 0.25) is 0 Å². The smallest absolute Gasteiger partial charge is 0.254 e. The number of likely N-dealkylation sites (N-methyl/N-ethyl adjacent to an activating group) is 1. The third-order valence-corrected chi connectivity index (χ3v) is 5.14. The van der Waals surface area contributed by atoms with Gasteiger partial charge in [0.05, 0.1) is 8.45 Å². The van der Waals surface area contributed by atoms with Crippen molar-refractivity contribution < 1.29 is 4.79 Å². The predicted molar refractivity (Wildman–Crippen MR) is 79.6 cm³/mol. The second kappa shape index (κ2) is 5.67. The van der Waals surface area contributed by atoms with Gasteiger partial charge in [-0.25, -0.2) is 0 Å². The van der Waals surface area contributed by atoms with Crippen molar-refractivity contribution >= 4 is 39.8 Å². The van der Waals surface area contributed by atoms with Gasteiger partial charge in [0, 0.05) is 31.1 Å². The predicted octanol–water partition coefficient (Wildman–Crippen LogP) is 2.52. The highest BCUT2D eigenvalue weighted by Crippen LogP contribution is 2.20. The minimum Gasteiger partial charge on any atom is -0.336 e. The number of carbonyl (C=O) groups is 1. The van der Waals surface area contributed by atoms with E-state index in [0.29, 0.717) is 6.04 Å². The van der Waals surface area contributed by atoms with Crippen LogP contribution in [0.25, 0.3) is 0 Å². The maximum absolute atomic E-state index is 12.3. The minimum absolute atomic E-state index is 0.190. The van der Waals surface area contributed by atoms with E-state index in [0.717, 1.165) is 31.6 Å². The van der Waals surface area contributed by atoms with Crippen LogP contribution in [-0.2, 0) is 0 Å². The first kappa shape index (κ1) is 13.3. The Balaban J connectivity index is 2.05. The second-order valence-electron chi connectivity index (χ2n) is 4.43. The minimum atomic E-state index is 0.190. The standard InChI is InChI=1S/C12H17IN2OS/c1-3-10-7-15(5-4-14(10)2)12(16)9-6-11(13)17-8-9/h6,8,10H,3-5,7H2,1-2H3. The van der Waals surface area contributed by atoms with Crippen molar-refractivity contribution in [1.82, 2.24) is 9.80 Å². The molecule has 1 aromatic heterocycles. The Morgan fingerprint density at radius 2 is 2.35 bits per heavy atom. The molecule has 17 heavy (non-hydrogen) atoms. The molecule has 0 saturated carbocycles. The molecule has 1 aromatic rings. The van der Waals surface area contributed by atoms with Gasteiger partial charge < -0.3 is 4.90 Å². The van der Waals surface area contributed by atoms with Crippen molar-refractivity contribution in [3.63, 3.8) is 0 Å². The van der Waals surface area contributed by atoms with Crippen LogP contribution >= 0.6 is 33.9 Å². The monoisotopic (exact) mass is 364 g/mol. The van der Waals surface area contributed by atoms with Gasteiger partial charge in [-0.1, -0.05) is 6.92 Å². The van der Waals surface area contributed by atoms with Gasteiger partial charge in [0.2, 0.25) is 0 Å². The van der Waals surface area contributed by atoms with Crippen molar-refractivity contribution in [2.45, 2.75) is 19.4 Å². The van der Waals surface area contributed by atoms with E-state index in [-0.39, 0.29) is 5.91 Å². The third-order valence-electron chi connectivity index (χ3n) is 3.35. The Morgan fingerprint density at radius 3 is 2.94 bits per heavy atom. The van der Waals surface area contributed by atoms with Crippen LogP contribution in [0.15, 0.2) is 11.4 Å². The molecule has 0 N–H and O–H groups in total. The summed E-state index contributed by atoms with van der Waals surface area (Å²) >= 11 is 3.89. The summed E-state index contributed by atoms with van der Waals surface area (Å²) in [6.07, 6.45) is 1.10. The van der Waals surface area contributed by atoms with E-state index >= 15 is 0 Å². The quantitative estimate of drug-likeness (QED) is 0.753. The van der Waals surface area contributed by atoms with Crippen molar-refractivity contribution in [3.8, 4) is 0 Å². The molecule has 1 unspecified atom stereocenters. The molecule has 0 aliphatic carbocycles. The van der Waals surface area contributed by atoms with Gasteiger partial charge in [0.25, 0.3) is 5.91 Å². The molecule has 94 valence electrons. The fraction of sp³-hybridized carbons (Fsp3) is 0.583. The number of halogens is 1. The molecule has 1 fully saturated rings. The Kier molecular flexibility index (Phi) is 4.43. The summed E-state index contributed by atoms with van der Waals surface area (Å²) in [5.41, 5.74) is 0.846. The molecular formula is C12H17IN2OS. The van der Waals surface area contributed by atoms with Crippen molar-refractivity contribution in [2.75, 3.05) is 26.7 Å². The number of thiophene rings is 1. The molecule has 5 heteroatoms. The second-order valence-corrected chi connectivity index (χ2v) is 7.24. The van der Waals surface area contributed by atoms with Gasteiger partial charge in [0.15, 0.2) is 0 Å². The first-order valence-corrected chi connectivity index (χ1v) is 7.81. The van der Waals surface area contributed by atoms with Crippen LogP contribution in [0, 0.1) is 2.88 Å².